The third-order valence-electron chi connectivity index (χ3n) is 5.02. The van der Waals surface area contributed by atoms with Crippen molar-refractivity contribution >= 4 is 5.91 Å². The molecule has 0 spiro atoms. The lowest BCUT2D eigenvalue weighted by molar-refractivity contribution is -0.140. The van der Waals surface area contributed by atoms with Gasteiger partial charge in [-0.3, -0.25) is 4.79 Å². The van der Waals surface area contributed by atoms with Gasteiger partial charge in [-0.1, -0.05) is 33.1 Å². The van der Waals surface area contributed by atoms with Crippen molar-refractivity contribution in [2.45, 2.75) is 64.8 Å². The molecule has 2 aliphatic heterocycles. The first-order valence-corrected chi connectivity index (χ1v) is 8.26. The maximum atomic E-state index is 12.3. The van der Waals surface area contributed by atoms with Crippen molar-refractivity contribution in [3.05, 3.63) is 0 Å². The molecule has 0 aromatic carbocycles. The Balaban J connectivity index is 1.96. The second-order valence-electron chi connectivity index (χ2n) is 6.32. The van der Waals surface area contributed by atoms with Crippen LogP contribution in [0.4, 0.5) is 0 Å². The molecule has 0 bridgehead atoms. The monoisotopic (exact) mass is 266 g/mol. The number of fused-ring (bicyclic) bond motifs is 1. The standard InChI is InChI=1S/C16H30N2O/c1-3-5-6-13(4-2)12-18-15-9-10-17-11-14(15)7-8-16(18)19/h13-15,17H,3-12H2,1-2H3. The summed E-state index contributed by atoms with van der Waals surface area (Å²) in [5.41, 5.74) is 0. The molecule has 0 radical (unpaired) electrons. The van der Waals surface area contributed by atoms with E-state index in [-0.39, 0.29) is 0 Å². The normalized spacial score (nSPS) is 29.2. The summed E-state index contributed by atoms with van der Waals surface area (Å²) in [6.45, 7) is 7.73. The quantitative estimate of drug-likeness (QED) is 0.802. The van der Waals surface area contributed by atoms with Crippen LogP contribution in [0.5, 0.6) is 0 Å². The number of unbranched alkanes of at least 4 members (excludes halogenated alkanes) is 1. The Morgan fingerprint density at radius 1 is 1.37 bits per heavy atom. The van der Waals surface area contributed by atoms with Crippen molar-refractivity contribution in [3.8, 4) is 0 Å². The molecule has 0 aliphatic carbocycles. The second-order valence-corrected chi connectivity index (χ2v) is 6.32. The highest BCUT2D eigenvalue weighted by Gasteiger charge is 2.37. The number of hydrogen-bond donors (Lipinski definition) is 1. The molecule has 19 heavy (non-hydrogen) atoms. The van der Waals surface area contributed by atoms with Crippen LogP contribution >= 0.6 is 0 Å². The van der Waals surface area contributed by atoms with Crippen LogP contribution in [-0.4, -0.2) is 36.5 Å². The molecule has 2 heterocycles. The number of rotatable bonds is 6. The molecule has 2 saturated heterocycles. The van der Waals surface area contributed by atoms with Crippen molar-refractivity contribution in [2.24, 2.45) is 11.8 Å². The van der Waals surface area contributed by atoms with Crippen LogP contribution in [0.15, 0.2) is 0 Å². The number of carbonyl (C=O) groups is 1. The summed E-state index contributed by atoms with van der Waals surface area (Å²) in [5.74, 6) is 1.82. The van der Waals surface area contributed by atoms with Gasteiger partial charge in [-0.05, 0) is 44.2 Å². The minimum Gasteiger partial charge on any atom is -0.339 e. The fourth-order valence-corrected chi connectivity index (χ4v) is 3.68. The molecule has 3 heteroatoms. The topological polar surface area (TPSA) is 32.3 Å². The molecule has 1 N–H and O–H groups in total. The molecule has 0 aromatic rings. The van der Waals surface area contributed by atoms with E-state index in [1.54, 1.807) is 0 Å². The first kappa shape index (κ1) is 14.8. The van der Waals surface area contributed by atoms with E-state index in [2.05, 4.69) is 24.1 Å². The van der Waals surface area contributed by atoms with Gasteiger partial charge in [0.05, 0.1) is 0 Å². The van der Waals surface area contributed by atoms with Crippen molar-refractivity contribution in [3.63, 3.8) is 0 Å². The minimum absolute atomic E-state index is 0.415. The summed E-state index contributed by atoms with van der Waals surface area (Å²) < 4.78 is 0. The molecular weight excluding hydrogens is 236 g/mol. The van der Waals surface area contributed by atoms with Gasteiger partial charge in [-0.25, -0.2) is 0 Å². The van der Waals surface area contributed by atoms with Gasteiger partial charge in [0.15, 0.2) is 0 Å². The van der Waals surface area contributed by atoms with Crippen LogP contribution in [0.2, 0.25) is 0 Å². The second kappa shape index (κ2) is 7.28. The first-order valence-electron chi connectivity index (χ1n) is 8.26. The number of nitrogens with one attached hydrogen (secondary N) is 1. The molecular formula is C16H30N2O. The van der Waals surface area contributed by atoms with E-state index in [1.165, 1.54) is 25.7 Å². The number of likely N-dealkylation sites (tertiary alicyclic amines) is 1. The highest BCUT2D eigenvalue weighted by atomic mass is 16.2. The van der Waals surface area contributed by atoms with Crippen molar-refractivity contribution in [1.82, 2.24) is 10.2 Å². The van der Waals surface area contributed by atoms with E-state index in [9.17, 15) is 4.79 Å². The molecule has 1 amide bonds. The number of carbonyl (C=O) groups excluding carboxylic acids is 1. The highest BCUT2D eigenvalue weighted by molar-refractivity contribution is 5.77. The SMILES string of the molecule is CCCCC(CC)CN1C(=O)CCC2CNCCC21. The zero-order valence-corrected chi connectivity index (χ0v) is 12.7. The maximum Gasteiger partial charge on any atom is 0.222 e. The van der Waals surface area contributed by atoms with E-state index in [0.717, 1.165) is 38.9 Å². The predicted molar refractivity (Wildman–Crippen MR) is 79.0 cm³/mol. The van der Waals surface area contributed by atoms with Gasteiger partial charge >= 0.3 is 0 Å². The minimum atomic E-state index is 0.415. The Hall–Kier alpha value is -0.570. The van der Waals surface area contributed by atoms with E-state index in [4.69, 9.17) is 0 Å². The molecule has 110 valence electrons. The van der Waals surface area contributed by atoms with Crippen LogP contribution in [0.3, 0.4) is 0 Å². The van der Waals surface area contributed by atoms with Gasteiger partial charge in [0.25, 0.3) is 0 Å². The molecule has 3 atom stereocenters. The average molecular weight is 266 g/mol. The third kappa shape index (κ3) is 3.71. The number of hydrogen-bond acceptors (Lipinski definition) is 2. The van der Waals surface area contributed by atoms with E-state index >= 15 is 0 Å². The van der Waals surface area contributed by atoms with Gasteiger partial charge < -0.3 is 10.2 Å². The summed E-state index contributed by atoms with van der Waals surface area (Å²) in [6, 6.07) is 0.526. The zero-order chi connectivity index (χ0) is 13.7. The number of piperidine rings is 2. The summed E-state index contributed by atoms with van der Waals surface area (Å²) in [6.07, 6.45) is 8.08. The highest BCUT2D eigenvalue weighted by Crippen LogP contribution is 2.30. The van der Waals surface area contributed by atoms with Crippen LogP contribution in [0.25, 0.3) is 0 Å². The molecule has 0 saturated carbocycles. The Labute approximate surface area is 118 Å². The Morgan fingerprint density at radius 2 is 2.21 bits per heavy atom. The smallest absolute Gasteiger partial charge is 0.222 e. The van der Waals surface area contributed by atoms with Gasteiger partial charge in [0.1, 0.15) is 0 Å². The van der Waals surface area contributed by atoms with Gasteiger partial charge in [-0.2, -0.15) is 0 Å². The first-order chi connectivity index (χ1) is 9.26. The van der Waals surface area contributed by atoms with E-state index in [0.29, 0.717) is 23.8 Å². The van der Waals surface area contributed by atoms with Crippen molar-refractivity contribution in [1.29, 1.82) is 0 Å². The summed E-state index contributed by atoms with van der Waals surface area (Å²) in [4.78, 5) is 14.5. The van der Waals surface area contributed by atoms with Gasteiger partial charge in [0.2, 0.25) is 5.91 Å². The Kier molecular flexibility index (Phi) is 5.68. The fraction of sp³-hybridized carbons (Fsp3) is 0.938. The summed E-state index contributed by atoms with van der Waals surface area (Å²) in [7, 11) is 0. The molecule has 2 fully saturated rings. The average Bonchev–Trinajstić information content (AvgIpc) is 2.45. The fourth-order valence-electron chi connectivity index (χ4n) is 3.68. The number of nitrogens with zero attached hydrogens (tertiary/aromatic N) is 1. The predicted octanol–water partition coefficient (Wildman–Crippen LogP) is 2.80. The van der Waals surface area contributed by atoms with Crippen molar-refractivity contribution in [2.75, 3.05) is 19.6 Å². The van der Waals surface area contributed by atoms with Gasteiger partial charge in [-0.15, -0.1) is 0 Å². The maximum absolute atomic E-state index is 12.3. The van der Waals surface area contributed by atoms with Crippen molar-refractivity contribution < 1.29 is 4.79 Å². The number of amides is 1. The van der Waals surface area contributed by atoms with Crippen LogP contribution in [-0.2, 0) is 4.79 Å². The lowest BCUT2D eigenvalue weighted by atomic mass is 9.83. The van der Waals surface area contributed by atoms with E-state index in [1.807, 2.05) is 0 Å². The zero-order valence-electron chi connectivity index (χ0n) is 12.7. The van der Waals surface area contributed by atoms with Gasteiger partial charge in [0, 0.05) is 19.0 Å². The molecule has 2 rings (SSSR count). The lowest BCUT2D eigenvalue weighted by Gasteiger charge is -2.45. The largest absolute Gasteiger partial charge is 0.339 e. The summed E-state index contributed by atoms with van der Waals surface area (Å²) >= 11 is 0. The third-order valence-corrected chi connectivity index (χ3v) is 5.02. The molecule has 0 aromatic heterocycles. The Morgan fingerprint density at radius 3 is 2.95 bits per heavy atom. The lowest BCUT2D eigenvalue weighted by Crippen LogP contribution is -2.56. The van der Waals surface area contributed by atoms with Crippen LogP contribution in [0, 0.1) is 11.8 Å². The van der Waals surface area contributed by atoms with Crippen LogP contribution in [0.1, 0.15) is 58.8 Å². The Bertz CT molecular complexity index is 292. The molecule has 3 nitrogen and oxygen atoms in total. The molecule has 3 unspecified atom stereocenters. The van der Waals surface area contributed by atoms with E-state index < -0.39 is 0 Å². The van der Waals surface area contributed by atoms with Crippen LogP contribution < -0.4 is 5.32 Å². The molecule has 2 aliphatic rings. The summed E-state index contributed by atoms with van der Waals surface area (Å²) in [5, 5.41) is 3.48.